The lowest BCUT2D eigenvalue weighted by Crippen LogP contribution is -2.48. The Hall–Kier alpha value is -1.59. The number of thiazole rings is 1. The van der Waals surface area contributed by atoms with E-state index in [0.717, 1.165) is 53.9 Å². The highest BCUT2D eigenvalue weighted by Crippen LogP contribution is 2.20. The van der Waals surface area contributed by atoms with E-state index in [1.807, 2.05) is 35.5 Å². The van der Waals surface area contributed by atoms with Gasteiger partial charge in [0.2, 0.25) is 5.91 Å². The number of anilines is 1. The summed E-state index contributed by atoms with van der Waals surface area (Å²) in [7, 11) is 0. The Bertz CT molecular complexity index is 666. The summed E-state index contributed by atoms with van der Waals surface area (Å²) in [5.41, 5.74) is 2.19. The van der Waals surface area contributed by atoms with Crippen molar-refractivity contribution < 1.29 is 4.79 Å². The molecule has 0 saturated carbocycles. The van der Waals surface area contributed by atoms with Crippen LogP contribution in [0.4, 0.5) is 5.13 Å². The van der Waals surface area contributed by atoms with Crippen LogP contribution in [-0.2, 0) is 11.2 Å². The first kappa shape index (κ1) is 16.3. The molecule has 6 heteroatoms. The van der Waals surface area contributed by atoms with Crippen molar-refractivity contribution in [1.29, 1.82) is 0 Å². The first-order valence-corrected chi connectivity index (χ1v) is 9.06. The van der Waals surface area contributed by atoms with Crippen LogP contribution < -0.4 is 4.90 Å². The fourth-order valence-electron chi connectivity index (χ4n) is 2.72. The van der Waals surface area contributed by atoms with Crippen LogP contribution in [0.1, 0.15) is 17.5 Å². The zero-order valence-corrected chi connectivity index (χ0v) is 14.7. The van der Waals surface area contributed by atoms with Gasteiger partial charge in [0, 0.05) is 49.2 Å². The molecule has 1 fully saturated rings. The molecule has 0 aliphatic carbocycles. The summed E-state index contributed by atoms with van der Waals surface area (Å²) in [4.78, 5) is 20.9. The maximum atomic E-state index is 12.4. The van der Waals surface area contributed by atoms with Gasteiger partial charge in [-0.3, -0.25) is 4.79 Å². The first-order valence-electron chi connectivity index (χ1n) is 7.81. The Morgan fingerprint density at radius 1 is 1.30 bits per heavy atom. The van der Waals surface area contributed by atoms with Crippen LogP contribution in [-0.4, -0.2) is 42.0 Å². The standard InChI is InChI=1S/C17H20ClN3OS/c1-13-2-3-14(12-15(13)18)4-5-16(22)20-7-9-21(10-8-20)17-19-6-11-23-17/h2-3,6,11-12H,4-5,7-10H2,1H3. The van der Waals surface area contributed by atoms with E-state index in [0.29, 0.717) is 6.42 Å². The van der Waals surface area contributed by atoms with Gasteiger partial charge in [-0.05, 0) is 30.5 Å². The van der Waals surface area contributed by atoms with E-state index in [-0.39, 0.29) is 5.91 Å². The maximum absolute atomic E-state index is 12.4. The van der Waals surface area contributed by atoms with Gasteiger partial charge in [0.25, 0.3) is 0 Å². The van der Waals surface area contributed by atoms with Gasteiger partial charge in [0.05, 0.1) is 0 Å². The molecule has 0 bridgehead atoms. The van der Waals surface area contributed by atoms with E-state index in [4.69, 9.17) is 11.6 Å². The summed E-state index contributed by atoms with van der Waals surface area (Å²) >= 11 is 7.78. The van der Waals surface area contributed by atoms with E-state index < -0.39 is 0 Å². The number of hydrogen-bond donors (Lipinski definition) is 0. The number of rotatable bonds is 4. The summed E-state index contributed by atoms with van der Waals surface area (Å²) in [6, 6.07) is 6.02. The number of carbonyl (C=O) groups is 1. The summed E-state index contributed by atoms with van der Waals surface area (Å²) in [6.45, 7) is 5.24. The van der Waals surface area contributed by atoms with Crippen LogP contribution in [0.5, 0.6) is 0 Å². The summed E-state index contributed by atoms with van der Waals surface area (Å²) in [5, 5.41) is 3.80. The number of amides is 1. The molecule has 122 valence electrons. The van der Waals surface area contributed by atoms with Crippen LogP contribution in [0, 0.1) is 6.92 Å². The van der Waals surface area contributed by atoms with Crippen LogP contribution in [0.25, 0.3) is 0 Å². The van der Waals surface area contributed by atoms with Gasteiger partial charge < -0.3 is 9.80 Å². The molecule has 1 saturated heterocycles. The van der Waals surface area contributed by atoms with Gasteiger partial charge in [-0.2, -0.15) is 0 Å². The van der Waals surface area contributed by atoms with Gasteiger partial charge in [-0.15, -0.1) is 11.3 Å². The zero-order chi connectivity index (χ0) is 16.2. The molecule has 1 aromatic carbocycles. The number of nitrogens with zero attached hydrogens (tertiary/aromatic N) is 3. The van der Waals surface area contributed by atoms with Gasteiger partial charge >= 0.3 is 0 Å². The fraction of sp³-hybridized carbons (Fsp3) is 0.412. The normalized spacial score (nSPS) is 15.0. The zero-order valence-electron chi connectivity index (χ0n) is 13.2. The largest absolute Gasteiger partial charge is 0.345 e. The van der Waals surface area contributed by atoms with E-state index in [1.165, 1.54) is 0 Å². The lowest BCUT2D eigenvalue weighted by molar-refractivity contribution is -0.131. The van der Waals surface area contributed by atoms with Crippen molar-refractivity contribution in [3.8, 4) is 0 Å². The summed E-state index contributed by atoms with van der Waals surface area (Å²) < 4.78 is 0. The summed E-state index contributed by atoms with van der Waals surface area (Å²) in [5.74, 6) is 0.223. The SMILES string of the molecule is Cc1ccc(CCC(=O)N2CCN(c3nccs3)CC2)cc1Cl. The molecule has 2 aromatic rings. The molecule has 3 rings (SSSR count). The Morgan fingerprint density at radius 2 is 2.09 bits per heavy atom. The Kier molecular flexibility index (Phi) is 5.18. The molecule has 2 heterocycles. The molecular weight excluding hydrogens is 330 g/mol. The number of piperazine rings is 1. The van der Waals surface area contributed by atoms with Crippen LogP contribution in [0.15, 0.2) is 29.8 Å². The molecule has 0 N–H and O–H groups in total. The monoisotopic (exact) mass is 349 g/mol. The van der Waals surface area contributed by atoms with Gasteiger partial charge in [0.1, 0.15) is 0 Å². The molecule has 1 amide bonds. The van der Waals surface area contributed by atoms with Gasteiger partial charge in [-0.1, -0.05) is 23.7 Å². The quantitative estimate of drug-likeness (QED) is 0.849. The minimum atomic E-state index is 0.223. The van der Waals surface area contributed by atoms with Crippen LogP contribution in [0.3, 0.4) is 0 Å². The molecular formula is C17H20ClN3OS. The van der Waals surface area contributed by atoms with Crippen molar-refractivity contribution >= 4 is 34.0 Å². The second kappa shape index (κ2) is 7.32. The third-order valence-corrected chi connectivity index (χ3v) is 5.43. The van der Waals surface area contributed by atoms with Crippen molar-refractivity contribution in [2.75, 3.05) is 31.1 Å². The fourth-order valence-corrected chi connectivity index (χ4v) is 3.62. The molecule has 1 aliphatic rings. The smallest absolute Gasteiger partial charge is 0.223 e. The number of aryl methyl sites for hydroxylation is 2. The lowest BCUT2D eigenvalue weighted by Gasteiger charge is -2.34. The van der Waals surface area contributed by atoms with E-state index in [9.17, 15) is 4.79 Å². The Morgan fingerprint density at radius 3 is 2.74 bits per heavy atom. The van der Waals surface area contributed by atoms with Crippen molar-refractivity contribution in [2.45, 2.75) is 19.8 Å². The molecule has 0 atom stereocenters. The van der Waals surface area contributed by atoms with Crippen molar-refractivity contribution in [1.82, 2.24) is 9.88 Å². The number of carbonyl (C=O) groups excluding carboxylic acids is 1. The van der Waals surface area contributed by atoms with Crippen LogP contribution in [0.2, 0.25) is 5.02 Å². The highest BCUT2D eigenvalue weighted by atomic mass is 35.5. The van der Waals surface area contributed by atoms with Gasteiger partial charge in [-0.25, -0.2) is 4.98 Å². The molecule has 1 aliphatic heterocycles. The second-order valence-corrected chi connectivity index (χ2v) is 7.05. The minimum absolute atomic E-state index is 0.223. The van der Waals surface area contributed by atoms with E-state index in [1.54, 1.807) is 11.3 Å². The third kappa shape index (κ3) is 4.03. The van der Waals surface area contributed by atoms with E-state index in [2.05, 4.69) is 16.0 Å². The number of benzene rings is 1. The van der Waals surface area contributed by atoms with Gasteiger partial charge in [0.15, 0.2) is 5.13 Å². The Labute approximate surface area is 145 Å². The van der Waals surface area contributed by atoms with Crippen LogP contribution >= 0.6 is 22.9 Å². The highest BCUT2D eigenvalue weighted by Gasteiger charge is 2.22. The van der Waals surface area contributed by atoms with Crippen molar-refractivity contribution in [3.05, 3.63) is 45.9 Å². The number of hydrogen-bond acceptors (Lipinski definition) is 4. The first-order chi connectivity index (χ1) is 11.1. The molecule has 0 unspecified atom stereocenters. The molecule has 1 aromatic heterocycles. The average Bonchev–Trinajstić information content (AvgIpc) is 3.10. The number of aromatic nitrogens is 1. The van der Waals surface area contributed by atoms with E-state index >= 15 is 0 Å². The molecule has 0 spiro atoms. The number of halogens is 1. The average molecular weight is 350 g/mol. The topological polar surface area (TPSA) is 36.4 Å². The predicted molar refractivity (Wildman–Crippen MR) is 95.4 cm³/mol. The lowest BCUT2D eigenvalue weighted by atomic mass is 10.1. The van der Waals surface area contributed by atoms with Crippen molar-refractivity contribution in [2.24, 2.45) is 0 Å². The highest BCUT2D eigenvalue weighted by molar-refractivity contribution is 7.13. The van der Waals surface area contributed by atoms with Crippen molar-refractivity contribution in [3.63, 3.8) is 0 Å². The minimum Gasteiger partial charge on any atom is -0.345 e. The summed E-state index contributed by atoms with van der Waals surface area (Å²) in [6.07, 6.45) is 3.10. The molecule has 23 heavy (non-hydrogen) atoms. The molecule has 0 radical (unpaired) electrons. The second-order valence-electron chi connectivity index (χ2n) is 5.77. The maximum Gasteiger partial charge on any atom is 0.223 e. The predicted octanol–water partition coefficient (Wildman–Crippen LogP) is 3.39. The third-order valence-electron chi connectivity index (χ3n) is 4.19. The Balaban J connectivity index is 1.48. The molecule has 4 nitrogen and oxygen atoms in total.